The van der Waals surface area contributed by atoms with Gasteiger partial charge in [-0.1, -0.05) is 30.3 Å². The first-order valence-electron chi connectivity index (χ1n) is 9.65. The Hall–Kier alpha value is -4.33. The zero-order valence-electron chi connectivity index (χ0n) is 16.5. The van der Waals surface area contributed by atoms with E-state index in [1.807, 2.05) is 60.1 Å². The van der Waals surface area contributed by atoms with Gasteiger partial charge in [0.2, 0.25) is 5.91 Å². The maximum atomic E-state index is 13.0. The number of aliphatic imine (C=N–C) groups is 1. The lowest BCUT2D eigenvalue weighted by Gasteiger charge is -2.14. The lowest BCUT2D eigenvalue weighted by atomic mass is 9.90. The molecule has 1 unspecified atom stereocenters. The van der Waals surface area contributed by atoms with Gasteiger partial charge in [0.1, 0.15) is 5.92 Å². The van der Waals surface area contributed by atoms with Gasteiger partial charge in [-0.15, -0.1) is 0 Å². The van der Waals surface area contributed by atoms with Gasteiger partial charge in [-0.05, 0) is 29.8 Å². The van der Waals surface area contributed by atoms with E-state index < -0.39 is 10.8 Å². The number of aromatic nitrogens is 2. The van der Waals surface area contributed by atoms with Gasteiger partial charge in [0.25, 0.3) is 5.69 Å². The minimum atomic E-state index is -0.764. The highest BCUT2D eigenvalue weighted by molar-refractivity contribution is 6.24. The van der Waals surface area contributed by atoms with Gasteiger partial charge in [-0.2, -0.15) is 0 Å². The number of carbonyl (C=O) groups excluding carboxylic acids is 1. The van der Waals surface area contributed by atoms with E-state index in [9.17, 15) is 14.9 Å². The number of benzene rings is 3. The Labute approximate surface area is 177 Å². The molecule has 2 heterocycles. The van der Waals surface area contributed by atoms with Crippen LogP contribution in [0.25, 0.3) is 11.0 Å². The number of nitrogens with one attached hydrogen (secondary N) is 1. The van der Waals surface area contributed by atoms with Crippen molar-refractivity contribution in [1.29, 1.82) is 0 Å². The first-order chi connectivity index (χ1) is 15.0. The zero-order chi connectivity index (χ0) is 21.5. The summed E-state index contributed by atoms with van der Waals surface area (Å²) in [6.07, 6.45) is 1.73. The number of nitro groups is 1. The quantitative estimate of drug-likeness (QED) is 0.307. The Morgan fingerprint density at radius 3 is 2.71 bits per heavy atom. The Kier molecular flexibility index (Phi) is 4.32. The third-order valence-corrected chi connectivity index (χ3v) is 5.38. The van der Waals surface area contributed by atoms with Crippen LogP contribution in [0.2, 0.25) is 0 Å². The topological polar surface area (TPSA) is 102 Å². The molecule has 31 heavy (non-hydrogen) atoms. The van der Waals surface area contributed by atoms with E-state index in [-0.39, 0.29) is 11.6 Å². The number of anilines is 1. The Bertz CT molecular complexity index is 1370. The smallest absolute Gasteiger partial charge is 0.269 e. The largest absolute Gasteiger partial charge is 0.334 e. The van der Waals surface area contributed by atoms with Crippen LogP contribution >= 0.6 is 0 Å². The Morgan fingerprint density at radius 1 is 1.13 bits per heavy atom. The molecule has 0 saturated heterocycles. The molecule has 1 aliphatic heterocycles. The van der Waals surface area contributed by atoms with Crippen molar-refractivity contribution in [2.24, 2.45) is 12.0 Å². The molecular weight excluding hydrogens is 394 g/mol. The summed E-state index contributed by atoms with van der Waals surface area (Å²) >= 11 is 0. The summed E-state index contributed by atoms with van der Waals surface area (Å²) in [6, 6.07) is 19.4. The van der Waals surface area contributed by atoms with Crippen LogP contribution in [0.4, 0.5) is 17.1 Å². The fraction of sp³-hybridized carbons (Fsp3) is 0.0870. The average molecular weight is 411 g/mol. The SMILES string of the molecule is Cn1cnc2ccc(N=C(c3ccccc3)C3C(=O)Nc4ccc([N+](=O)[O-])cc43)cc21. The van der Waals surface area contributed by atoms with Crippen LogP contribution in [0.1, 0.15) is 17.0 Å². The molecule has 0 radical (unpaired) electrons. The fourth-order valence-electron chi connectivity index (χ4n) is 3.86. The average Bonchev–Trinajstić information content (AvgIpc) is 3.31. The minimum absolute atomic E-state index is 0.0658. The van der Waals surface area contributed by atoms with Crippen molar-refractivity contribution >= 4 is 39.7 Å². The second kappa shape index (κ2) is 7.17. The van der Waals surface area contributed by atoms with Crippen LogP contribution in [0, 0.1) is 10.1 Å². The van der Waals surface area contributed by atoms with E-state index >= 15 is 0 Å². The van der Waals surface area contributed by atoms with E-state index in [0.717, 1.165) is 16.6 Å². The molecule has 5 rings (SSSR count). The fourth-order valence-corrected chi connectivity index (χ4v) is 3.86. The Morgan fingerprint density at radius 2 is 1.94 bits per heavy atom. The van der Waals surface area contributed by atoms with Crippen molar-refractivity contribution in [2.45, 2.75) is 5.92 Å². The van der Waals surface area contributed by atoms with Gasteiger partial charge in [0.15, 0.2) is 0 Å². The summed E-state index contributed by atoms with van der Waals surface area (Å²) in [5.74, 6) is -1.03. The summed E-state index contributed by atoms with van der Waals surface area (Å²) in [5, 5.41) is 14.1. The number of non-ortho nitro benzene ring substituents is 1. The number of amides is 1. The number of fused-ring (bicyclic) bond motifs is 2. The van der Waals surface area contributed by atoms with Crippen molar-refractivity contribution in [2.75, 3.05) is 5.32 Å². The molecule has 0 fully saturated rings. The van der Waals surface area contributed by atoms with Gasteiger partial charge < -0.3 is 9.88 Å². The van der Waals surface area contributed by atoms with E-state index in [2.05, 4.69) is 10.3 Å². The molecule has 3 aromatic carbocycles. The number of carbonyl (C=O) groups is 1. The van der Waals surface area contributed by atoms with Crippen molar-refractivity contribution in [3.05, 3.63) is 94.3 Å². The summed E-state index contributed by atoms with van der Waals surface area (Å²) in [6.45, 7) is 0. The van der Waals surface area contributed by atoms with Gasteiger partial charge in [-0.25, -0.2) is 4.98 Å². The molecule has 0 spiro atoms. The number of hydrogen-bond acceptors (Lipinski definition) is 5. The normalized spacial score (nSPS) is 15.7. The van der Waals surface area contributed by atoms with Crippen LogP contribution in [0.15, 0.2) is 78.0 Å². The van der Waals surface area contributed by atoms with Gasteiger partial charge in [-0.3, -0.25) is 19.9 Å². The van der Waals surface area contributed by atoms with Crippen LogP contribution in [-0.2, 0) is 11.8 Å². The molecule has 1 aromatic heterocycles. The predicted molar refractivity (Wildman–Crippen MR) is 118 cm³/mol. The second-order valence-corrected chi connectivity index (χ2v) is 7.34. The maximum Gasteiger partial charge on any atom is 0.269 e. The van der Waals surface area contributed by atoms with Gasteiger partial charge >= 0.3 is 0 Å². The molecule has 152 valence electrons. The monoisotopic (exact) mass is 411 g/mol. The summed E-state index contributed by atoms with van der Waals surface area (Å²) < 4.78 is 1.90. The highest BCUT2D eigenvalue weighted by Gasteiger charge is 2.36. The third kappa shape index (κ3) is 3.24. The van der Waals surface area contributed by atoms with Crippen molar-refractivity contribution in [1.82, 2.24) is 9.55 Å². The van der Waals surface area contributed by atoms with Crippen LogP contribution in [0.5, 0.6) is 0 Å². The number of nitrogens with zero attached hydrogens (tertiary/aromatic N) is 4. The number of hydrogen-bond donors (Lipinski definition) is 1. The molecule has 0 aliphatic carbocycles. The molecule has 8 nitrogen and oxygen atoms in total. The van der Waals surface area contributed by atoms with E-state index in [1.54, 1.807) is 12.4 Å². The van der Waals surface area contributed by atoms with E-state index in [4.69, 9.17) is 4.99 Å². The van der Waals surface area contributed by atoms with Gasteiger partial charge in [0, 0.05) is 30.4 Å². The highest BCUT2D eigenvalue weighted by atomic mass is 16.6. The zero-order valence-corrected chi connectivity index (χ0v) is 16.5. The first-order valence-corrected chi connectivity index (χ1v) is 9.65. The number of aryl methyl sites for hydroxylation is 1. The second-order valence-electron chi connectivity index (χ2n) is 7.34. The van der Waals surface area contributed by atoms with Crippen molar-refractivity contribution < 1.29 is 9.72 Å². The lowest BCUT2D eigenvalue weighted by Crippen LogP contribution is -2.22. The lowest BCUT2D eigenvalue weighted by molar-refractivity contribution is -0.384. The molecule has 8 heteroatoms. The van der Waals surface area contributed by atoms with Crippen LogP contribution in [-0.4, -0.2) is 26.1 Å². The highest BCUT2D eigenvalue weighted by Crippen LogP contribution is 2.38. The maximum absolute atomic E-state index is 13.0. The molecule has 4 aromatic rings. The van der Waals surface area contributed by atoms with E-state index in [0.29, 0.717) is 22.6 Å². The number of rotatable bonds is 4. The number of imidazole rings is 1. The van der Waals surface area contributed by atoms with E-state index in [1.165, 1.54) is 12.1 Å². The molecule has 1 atom stereocenters. The molecular formula is C23H17N5O3. The minimum Gasteiger partial charge on any atom is -0.334 e. The predicted octanol–water partition coefficient (Wildman–Crippen LogP) is 4.34. The molecule has 0 saturated carbocycles. The third-order valence-electron chi connectivity index (χ3n) is 5.38. The molecule has 1 N–H and O–H groups in total. The van der Waals surface area contributed by atoms with Crippen LogP contribution < -0.4 is 5.32 Å². The molecule has 1 aliphatic rings. The standard InChI is InChI=1S/C23H17N5O3/c1-27-13-24-19-9-7-15(11-20(19)27)25-22(14-5-3-2-4-6-14)21-17-12-16(28(30)31)8-10-18(17)26-23(21)29/h2-13,21H,1H3,(H,26,29). The van der Waals surface area contributed by atoms with Crippen LogP contribution in [0.3, 0.4) is 0 Å². The molecule has 1 amide bonds. The molecule has 0 bridgehead atoms. The summed E-state index contributed by atoms with van der Waals surface area (Å²) in [7, 11) is 1.90. The van der Waals surface area contributed by atoms with Crippen molar-refractivity contribution in [3.63, 3.8) is 0 Å². The Balaban J connectivity index is 1.70. The number of nitro benzene ring substituents is 1. The summed E-state index contributed by atoms with van der Waals surface area (Å²) in [5.41, 5.74) is 4.77. The van der Waals surface area contributed by atoms with Gasteiger partial charge in [0.05, 0.1) is 33.7 Å². The van der Waals surface area contributed by atoms with Crippen molar-refractivity contribution in [3.8, 4) is 0 Å². The first kappa shape index (κ1) is 18.7. The summed E-state index contributed by atoms with van der Waals surface area (Å²) in [4.78, 5) is 33.0.